The van der Waals surface area contributed by atoms with E-state index in [0.29, 0.717) is 34.7 Å². The van der Waals surface area contributed by atoms with Gasteiger partial charge >= 0.3 is 0 Å². The largest absolute Gasteiger partial charge is 0.355 e. The molecule has 8 heteroatoms. The van der Waals surface area contributed by atoms with Crippen LogP contribution in [0.15, 0.2) is 55.0 Å². The molecule has 2 aliphatic rings. The van der Waals surface area contributed by atoms with Crippen LogP contribution in [0.3, 0.4) is 0 Å². The van der Waals surface area contributed by atoms with E-state index in [-0.39, 0.29) is 11.2 Å². The zero-order chi connectivity index (χ0) is 26.7. The van der Waals surface area contributed by atoms with Crippen molar-refractivity contribution in [1.82, 2.24) is 30.2 Å². The van der Waals surface area contributed by atoms with Gasteiger partial charge in [0.25, 0.3) is 0 Å². The van der Waals surface area contributed by atoms with Gasteiger partial charge in [0, 0.05) is 53.9 Å². The predicted molar refractivity (Wildman–Crippen MR) is 153 cm³/mol. The summed E-state index contributed by atoms with van der Waals surface area (Å²) in [5.41, 5.74) is 4.90. The zero-order valence-corrected chi connectivity index (χ0v) is 22.5. The second kappa shape index (κ2) is 9.09. The summed E-state index contributed by atoms with van der Waals surface area (Å²) in [5.74, 6) is 1.82. The molecule has 5 aromatic rings. The highest BCUT2D eigenvalue weighted by Gasteiger charge is 2.37. The maximum atomic E-state index is 14.6. The number of aromatic nitrogens is 5. The molecule has 1 saturated heterocycles. The molecule has 0 spiro atoms. The third-order valence-electron chi connectivity index (χ3n) is 8.45. The Balaban J connectivity index is 1.43. The number of aromatic amines is 1. The molecule has 2 N–H and O–H groups in total. The van der Waals surface area contributed by atoms with Crippen LogP contribution < -0.4 is 10.2 Å². The molecule has 7 nitrogen and oxygen atoms in total. The SMILES string of the molecule is CN(c1nc(-c2ccnc3[nH]c(-c4ccccc4F)cc23)nc2cncc(C3CC3)c12)C1CCNCC1(C)C. The normalized spacial score (nSPS) is 19.0. The summed E-state index contributed by atoms with van der Waals surface area (Å²) in [5, 5.41) is 5.53. The minimum atomic E-state index is -0.278. The molecule has 1 aliphatic carbocycles. The van der Waals surface area contributed by atoms with Crippen LogP contribution >= 0.6 is 0 Å². The van der Waals surface area contributed by atoms with Crippen LogP contribution in [0.4, 0.5) is 10.2 Å². The van der Waals surface area contributed by atoms with Gasteiger partial charge in [0.15, 0.2) is 5.82 Å². The topological polar surface area (TPSA) is 82.6 Å². The molecule has 1 saturated carbocycles. The number of hydrogen-bond acceptors (Lipinski definition) is 6. The molecular weight excluding hydrogens is 489 g/mol. The van der Waals surface area contributed by atoms with E-state index in [4.69, 9.17) is 9.97 Å². The molecule has 0 bridgehead atoms. The maximum absolute atomic E-state index is 14.6. The van der Waals surface area contributed by atoms with Gasteiger partial charge in [-0.2, -0.15) is 0 Å². The van der Waals surface area contributed by atoms with Crippen LogP contribution in [0.25, 0.3) is 44.6 Å². The fourth-order valence-electron chi connectivity index (χ4n) is 6.24. The first kappa shape index (κ1) is 24.2. The van der Waals surface area contributed by atoms with E-state index < -0.39 is 0 Å². The molecule has 198 valence electrons. The molecule has 1 unspecified atom stereocenters. The number of anilines is 1. The highest BCUT2D eigenvalue weighted by atomic mass is 19.1. The molecule has 1 aromatic carbocycles. The van der Waals surface area contributed by atoms with Crippen LogP contribution in [-0.4, -0.2) is 51.1 Å². The van der Waals surface area contributed by atoms with Crippen molar-refractivity contribution in [1.29, 1.82) is 0 Å². The van der Waals surface area contributed by atoms with E-state index in [1.165, 1.54) is 24.5 Å². The molecule has 1 aliphatic heterocycles. The Morgan fingerprint density at radius 1 is 1.03 bits per heavy atom. The number of pyridine rings is 2. The van der Waals surface area contributed by atoms with Gasteiger partial charge in [0.1, 0.15) is 17.3 Å². The monoisotopic (exact) mass is 521 g/mol. The summed E-state index contributed by atoms with van der Waals surface area (Å²) in [6.07, 6.45) is 9.01. The summed E-state index contributed by atoms with van der Waals surface area (Å²) in [6, 6.07) is 11.0. The predicted octanol–water partition coefficient (Wildman–Crippen LogP) is 6.08. The van der Waals surface area contributed by atoms with Crippen molar-refractivity contribution >= 4 is 27.8 Å². The van der Waals surface area contributed by atoms with Crippen LogP contribution in [0, 0.1) is 11.2 Å². The average Bonchev–Trinajstić information content (AvgIpc) is 3.69. The summed E-state index contributed by atoms with van der Waals surface area (Å²) in [6.45, 7) is 6.59. The van der Waals surface area contributed by atoms with Crippen molar-refractivity contribution in [2.45, 2.75) is 45.1 Å². The number of halogens is 1. The van der Waals surface area contributed by atoms with Gasteiger partial charge in [-0.05, 0) is 67.0 Å². The Morgan fingerprint density at radius 3 is 2.67 bits per heavy atom. The van der Waals surface area contributed by atoms with Gasteiger partial charge < -0.3 is 15.2 Å². The Morgan fingerprint density at radius 2 is 1.87 bits per heavy atom. The van der Waals surface area contributed by atoms with Gasteiger partial charge in [-0.3, -0.25) is 4.98 Å². The Kier molecular flexibility index (Phi) is 5.63. The fraction of sp³-hybridized carbons (Fsp3) is 0.355. The van der Waals surface area contributed by atoms with Crippen LogP contribution in [0.5, 0.6) is 0 Å². The van der Waals surface area contributed by atoms with E-state index >= 15 is 0 Å². The third-order valence-corrected chi connectivity index (χ3v) is 8.45. The highest BCUT2D eigenvalue weighted by Crippen LogP contribution is 2.46. The van der Waals surface area contributed by atoms with E-state index in [0.717, 1.165) is 47.2 Å². The summed E-state index contributed by atoms with van der Waals surface area (Å²) in [7, 11) is 2.18. The van der Waals surface area contributed by atoms with Crippen molar-refractivity contribution in [3.8, 4) is 22.6 Å². The van der Waals surface area contributed by atoms with Crippen molar-refractivity contribution in [2.75, 3.05) is 25.0 Å². The first-order chi connectivity index (χ1) is 18.9. The lowest BCUT2D eigenvalue weighted by Gasteiger charge is -2.45. The molecule has 4 aromatic heterocycles. The molecule has 1 atom stereocenters. The Bertz CT molecular complexity index is 1700. The summed E-state index contributed by atoms with van der Waals surface area (Å²) < 4.78 is 14.6. The highest BCUT2D eigenvalue weighted by molar-refractivity contribution is 5.98. The zero-order valence-electron chi connectivity index (χ0n) is 22.5. The number of H-pyrrole nitrogens is 1. The van der Waals surface area contributed by atoms with Crippen LogP contribution in [-0.2, 0) is 0 Å². The summed E-state index contributed by atoms with van der Waals surface area (Å²) >= 11 is 0. The number of fused-ring (bicyclic) bond motifs is 2. The lowest BCUT2D eigenvalue weighted by Crippen LogP contribution is -2.53. The molecular formula is C31H32FN7. The lowest BCUT2D eigenvalue weighted by molar-refractivity contribution is 0.215. The van der Waals surface area contributed by atoms with Crippen molar-refractivity contribution in [3.63, 3.8) is 0 Å². The summed E-state index contributed by atoms with van der Waals surface area (Å²) in [4.78, 5) is 25.1. The van der Waals surface area contributed by atoms with Crippen molar-refractivity contribution in [3.05, 3.63) is 66.4 Å². The second-order valence-corrected chi connectivity index (χ2v) is 11.6. The minimum Gasteiger partial charge on any atom is -0.355 e. The Hall–Kier alpha value is -3.91. The molecule has 0 radical (unpaired) electrons. The fourth-order valence-corrected chi connectivity index (χ4v) is 6.24. The Labute approximate surface area is 226 Å². The number of rotatable bonds is 5. The van der Waals surface area contributed by atoms with Gasteiger partial charge in [0.05, 0.1) is 17.4 Å². The minimum absolute atomic E-state index is 0.0798. The third kappa shape index (κ3) is 4.14. The first-order valence-corrected chi connectivity index (χ1v) is 13.7. The van der Waals surface area contributed by atoms with Crippen LogP contribution in [0.2, 0.25) is 0 Å². The lowest BCUT2D eigenvalue weighted by atomic mass is 9.79. The number of benzene rings is 1. The molecule has 0 amide bonds. The van der Waals surface area contributed by atoms with Gasteiger partial charge in [-0.15, -0.1) is 0 Å². The van der Waals surface area contributed by atoms with Crippen molar-refractivity contribution in [2.24, 2.45) is 5.41 Å². The number of nitrogens with zero attached hydrogens (tertiary/aromatic N) is 5. The number of hydrogen-bond donors (Lipinski definition) is 2. The van der Waals surface area contributed by atoms with E-state index in [1.54, 1.807) is 18.3 Å². The average molecular weight is 522 g/mol. The first-order valence-electron chi connectivity index (χ1n) is 13.7. The number of nitrogens with one attached hydrogen (secondary N) is 2. The smallest absolute Gasteiger partial charge is 0.163 e. The van der Waals surface area contributed by atoms with Gasteiger partial charge in [0.2, 0.25) is 0 Å². The van der Waals surface area contributed by atoms with E-state index in [9.17, 15) is 4.39 Å². The van der Waals surface area contributed by atoms with Crippen LogP contribution in [0.1, 0.15) is 44.6 Å². The van der Waals surface area contributed by atoms with Gasteiger partial charge in [-0.1, -0.05) is 26.0 Å². The quantitative estimate of drug-likeness (QED) is 0.292. The number of piperidine rings is 1. The molecule has 7 rings (SSSR count). The standard InChI is InChI=1S/C31H32FN7/c1-31(2)17-33-12-11-26(31)39(3)30-27-22(18-8-9-18)15-34-16-25(27)37-29(38-30)19-10-13-35-28-21(19)14-24(36-28)20-6-4-5-7-23(20)32/h4-7,10,13-16,18,26,33H,8-9,11-12,17H2,1-3H3,(H,35,36). The molecule has 39 heavy (non-hydrogen) atoms. The van der Waals surface area contributed by atoms with E-state index in [1.807, 2.05) is 30.6 Å². The van der Waals surface area contributed by atoms with Gasteiger partial charge in [-0.25, -0.2) is 19.3 Å². The van der Waals surface area contributed by atoms with Crippen molar-refractivity contribution < 1.29 is 4.39 Å². The van der Waals surface area contributed by atoms with E-state index in [2.05, 4.69) is 46.1 Å². The second-order valence-electron chi connectivity index (χ2n) is 11.6. The maximum Gasteiger partial charge on any atom is 0.163 e. The molecule has 2 fully saturated rings. The molecule has 5 heterocycles.